The van der Waals surface area contributed by atoms with Crippen LogP contribution in [-0.4, -0.2) is 78.9 Å². The summed E-state index contributed by atoms with van der Waals surface area (Å²) in [4.78, 5) is 38.0. The fourth-order valence-electron chi connectivity index (χ4n) is 3.68. The number of piperidine rings is 2. The SMILES string of the molecule is O=C(CNC(=O)[C@@H]1CC[C@@H]2CN1C(=O)N2OS(=O)(=O)O)C1CCNCC1. The van der Waals surface area contributed by atoms with Crippen molar-refractivity contribution in [1.29, 1.82) is 0 Å². The number of hydrogen-bond acceptors (Lipinski definition) is 7. The maximum atomic E-state index is 12.4. The van der Waals surface area contributed by atoms with Crippen molar-refractivity contribution in [2.75, 3.05) is 26.2 Å². The third-order valence-corrected chi connectivity index (χ3v) is 5.38. The normalized spacial score (nSPS) is 26.9. The number of amides is 3. The van der Waals surface area contributed by atoms with Gasteiger partial charge in [-0.15, -0.1) is 4.28 Å². The van der Waals surface area contributed by atoms with E-state index in [-0.39, 0.29) is 24.8 Å². The number of hydrogen-bond donors (Lipinski definition) is 3. The number of Topliss-reactive ketones (excluding diaryl/α,β-unsaturated/α-hetero) is 1. The first-order valence-corrected chi connectivity index (χ1v) is 9.91. The van der Waals surface area contributed by atoms with E-state index in [9.17, 15) is 22.8 Å². The summed E-state index contributed by atoms with van der Waals surface area (Å²) in [6.07, 6.45) is 2.14. The Hall–Kier alpha value is -1.76. The first-order valence-electron chi connectivity index (χ1n) is 8.54. The zero-order valence-corrected chi connectivity index (χ0v) is 14.9. The number of fused-ring (bicyclic) bond motifs is 2. The van der Waals surface area contributed by atoms with E-state index in [1.54, 1.807) is 0 Å². The molecule has 0 spiro atoms. The van der Waals surface area contributed by atoms with Crippen molar-refractivity contribution in [3.63, 3.8) is 0 Å². The van der Waals surface area contributed by atoms with Gasteiger partial charge in [0.05, 0.1) is 12.6 Å². The molecule has 0 unspecified atom stereocenters. The van der Waals surface area contributed by atoms with Gasteiger partial charge in [-0.1, -0.05) is 0 Å². The molecule has 3 aliphatic heterocycles. The molecule has 3 aliphatic rings. The van der Waals surface area contributed by atoms with Crippen LogP contribution in [0.1, 0.15) is 25.7 Å². The molecule has 3 heterocycles. The number of carbonyl (C=O) groups excluding carboxylic acids is 3. The fourth-order valence-corrected chi connectivity index (χ4v) is 4.07. The highest BCUT2D eigenvalue weighted by molar-refractivity contribution is 7.80. The molecule has 146 valence electrons. The first kappa shape index (κ1) is 19.0. The van der Waals surface area contributed by atoms with E-state index in [1.165, 1.54) is 4.90 Å². The topological polar surface area (TPSA) is 145 Å². The second kappa shape index (κ2) is 7.47. The van der Waals surface area contributed by atoms with Crippen LogP contribution >= 0.6 is 0 Å². The van der Waals surface area contributed by atoms with Gasteiger partial charge in [0.2, 0.25) is 5.91 Å². The molecule has 3 rings (SSSR count). The summed E-state index contributed by atoms with van der Waals surface area (Å²) in [5.74, 6) is -0.551. The molecular weight excluding hydrogens is 368 g/mol. The molecule has 2 atom stereocenters. The van der Waals surface area contributed by atoms with Crippen LogP contribution in [0.25, 0.3) is 0 Å². The van der Waals surface area contributed by atoms with E-state index in [1.807, 2.05) is 0 Å². The van der Waals surface area contributed by atoms with Crippen LogP contribution in [0.5, 0.6) is 0 Å². The fraction of sp³-hybridized carbons (Fsp3) is 0.786. The van der Waals surface area contributed by atoms with Crippen molar-refractivity contribution in [1.82, 2.24) is 20.6 Å². The van der Waals surface area contributed by atoms with Gasteiger partial charge in [-0.2, -0.15) is 13.5 Å². The van der Waals surface area contributed by atoms with Gasteiger partial charge in [0.25, 0.3) is 0 Å². The Kier molecular flexibility index (Phi) is 5.46. The maximum Gasteiger partial charge on any atom is 0.418 e. The Morgan fingerprint density at radius 1 is 1.23 bits per heavy atom. The molecule has 0 aromatic heterocycles. The minimum atomic E-state index is -4.82. The smallest absolute Gasteiger partial charge is 0.347 e. The van der Waals surface area contributed by atoms with Crippen LogP contribution in [0.3, 0.4) is 0 Å². The average molecular weight is 390 g/mol. The Morgan fingerprint density at radius 2 is 1.92 bits per heavy atom. The summed E-state index contributed by atoms with van der Waals surface area (Å²) < 4.78 is 34.8. The molecule has 3 amide bonds. The number of nitrogens with one attached hydrogen (secondary N) is 2. The molecule has 0 aromatic rings. The van der Waals surface area contributed by atoms with Crippen LogP contribution in [0.15, 0.2) is 0 Å². The van der Waals surface area contributed by atoms with E-state index in [4.69, 9.17) is 4.55 Å². The lowest BCUT2D eigenvalue weighted by molar-refractivity contribution is -0.130. The van der Waals surface area contributed by atoms with Crippen molar-refractivity contribution in [3.05, 3.63) is 0 Å². The number of rotatable bonds is 6. The second-order valence-corrected chi connectivity index (χ2v) is 7.72. The standard InChI is InChI=1S/C14H22N4O7S/c19-12(9-3-5-15-6-4-9)7-16-13(20)11-2-1-10-8-17(11)14(21)18(10)25-26(22,23)24/h9-11,15H,1-8H2,(H,16,20)(H,22,23,24)/t10-,11+/m1/s1. The predicted molar refractivity (Wildman–Crippen MR) is 87.0 cm³/mol. The number of carbonyl (C=O) groups is 3. The predicted octanol–water partition coefficient (Wildman–Crippen LogP) is -1.33. The van der Waals surface area contributed by atoms with Gasteiger partial charge in [-0.25, -0.2) is 4.79 Å². The molecule has 3 fully saturated rings. The third-order valence-electron chi connectivity index (χ3n) is 5.03. The summed E-state index contributed by atoms with van der Waals surface area (Å²) in [7, 11) is -4.82. The minimum Gasteiger partial charge on any atom is -0.347 e. The molecule has 0 saturated carbocycles. The van der Waals surface area contributed by atoms with Gasteiger partial charge >= 0.3 is 16.4 Å². The van der Waals surface area contributed by atoms with Gasteiger partial charge < -0.3 is 15.5 Å². The largest absolute Gasteiger partial charge is 0.418 e. The summed E-state index contributed by atoms with van der Waals surface area (Å²) >= 11 is 0. The Balaban J connectivity index is 1.56. The molecular formula is C14H22N4O7S. The lowest BCUT2D eigenvalue weighted by atomic mass is 9.93. The highest BCUT2D eigenvalue weighted by Gasteiger charge is 2.49. The second-order valence-electron chi connectivity index (χ2n) is 6.72. The van der Waals surface area contributed by atoms with Crippen LogP contribution in [-0.2, 0) is 24.3 Å². The molecule has 3 saturated heterocycles. The molecule has 11 nitrogen and oxygen atoms in total. The van der Waals surface area contributed by atoms with Gasteiger partial charge in [0.15, 0.2) is 5.78 Å². The summed E-state index contributed by atoms with van der Waals surface area (Å²) in [6, 6.07) is -2.14. The lowest BCUT2D eigenvalue weighted by Gasteiger charge is -2.29. The van der Waals surface area contributed by atoms with Crippen LogP contribution in [0.2, 0.25) is 0 Å². The van der Waals surface area contributed by atoms with Crippen molar-refractivity contribution >= 4 is 28.1 Å². The molecule has 0 aliphatic carbocycles. The van der Waals surface area contributed by atoms with Gasteiger partial charge in [0, 0.05) is 12.5 Å². The Morgan fingerprint density at radius 3 is 2.58 bits per heavy atom. The van der Waals surface area contributed by atoms with Gasteiger partial charge in [-0.05, 0) is 38.8 Å². The van der Waals surface area contributed by atoms with E-state index in [2.05, 4.69) is 14.9 Å². The summed E-state index contributed by atoms with van der Waals surface area (Å²) in [5.41, 5.74) is 0. The van der Waals surface area contributed by atoms with E-state index in [0.717, 1.165) is 25.9 Å². The molecule has 0 radical (unpaired) electrons. The van der Waals surface area contributed by atoms with Crippen molar-refractivity contribution < 1.29 is 31.6 Å². The first-order chi connectivity index (χ1) is 12.3. The number of nitrogens with zero attached hydrogens (tertiary/aromatic N) is 2. The zero-order valence-electron chi connectivity index (χ0n) is 14.1. The molecule has 12 heteroatoms. The molecule has 0 aromatic carbocycles. The van der Waals surface area contributed by atoms with Gasteiger partial charge in [-0.3, -0.25) is 14.1 Å². The Labute approximate surface area is 150 Å². The van der Waals surface area contributed by atoms with Gasteiger partial charge in [0.1, 0.15) is 6.04 Å². The van der Waals surface area contributed by atoms with Crippen LogP contribution < -0.4 is 10.6 Å². The monoisotopic (exact) mass is 390 g/mol. The third kappa shape index (κ3) is 4.14. The van der Waals surface area contributed by atoms with Crippen molar-refractivity contribution in [2.45, 2.75) is 37.8 Å². The van der Waals surface area contributed by atoms with E-state index >= 15 is 0 Å². The summed E-state index contributed by atoms with van der Waals surface area (Å²) in [5, 5.41) is 6.34. The average Bonchev–Trinajstić information content (AvgIpc) is 2.84. The quantitative estimate of drug-likeness (QED) is 0.473. The molecule has 26 heavy (non-hydrogen) atoms. The highest BCUT2D eigenvalue weighted by atomic mass is 32.3. The van der Waals surface area contributed by atoms with E-state index < -0.39 is 34.4 Å². The molecule has 3 N–H and O–H groups in total. The Bertz CT molecular complexity index is 691. The maximum absolute atomic E-state index is 12.4. The lowest BCUT2D eigenvalue weighted by Crippen LogP contribution is -2.51. The van der Waals surface area contributed by atoms with Crippen molar-refractivity contribution in [2.24, 2.45) is 5.92 Å². The highest BCUT2D eigenvalue weighted by Crippen LogP contribution is 2.30. The minimum absolute atomic E-state index is 0.0300. The number of ketones is 1. The zero-order chi connectivity index (χ0) is 18.9. The number of hydroxylamine groups is 2. The summed E-state index contributed by atoms with van der Waals surface area (Å²) in [6.45, 7) is 1.59. The van der Waals surface area contributed by atoms with E-state index in [0.29, 0.717) is 17.9 Å². The molecule has 2 bridgehead atoms. The van der Waals surface area contributed by atoms with Crippen LogP contribution in [0.4, 0.5) is 4.79 Å². The van der Waals surface area contributed by atoms with Crippen LogP contribution in [0, 0.1) is 5.92 Å². The van der Waals surface area contributed by atoms with Crippen molar-refractivity contribution in [3.8, 4) is 0 Å². The number of urea groups is 1.